The van der Waals surface area contributed by atoms with Crippen LogP contribution in [-0.2, 0) is 14.3 Å². The van der Waals surface area contributed by atoms with Gasteiger partial charge in [0.2, 0.25) is 0 Å². The third-order valence-corrected chi connectivity index (χ3v) is 6.83. The molecule has 0 radical (unpaired) electrons. The summed E-state index contributed by atoms with van der Waals surface area (Å²) >= 11 is 0. The van der Waals surface area contributed by atoms with Crippen molar-refractivity contribution in [2.24, 2.45) is 16.7 Å². The first-order chi connectivity index (χ1) is 10.6. The topological polar surface area (TPSA) is 116 Å². The summed E-state index contributed by atoms with van der Waals surface area (Å²) in [4.78, 5) is 11.2. The van der Waals surface area contributed by atoms with Crippen molar-refractivity contribution in [2.75, 3.05) is 0 Å². The average molecular weight is 330 g/mol. The molecule has 1 aliphatic heterocycles. The summed E-state index contributed by atoms with van der Waals surface area (Å²) in [6.45, 7) is 6.58. The highest BCUT2D eigenvalue weighted by Gasteiger charge is 2.63. The molecule has 3 rings (SSSR count). The summed E-state index contributed by atoms with van der Waals surface area (Å²) in [6.07, 6.45) is -4.86. The Hall–Kier alpha value is -0.730. The van der Waals surface area contributed by atoms with Crippen LogP contribution in [0.5, 0.6) is 0 Å². The van der Waals surface area contributed by atoms with Crippen LogP contribution >= 0.6 is 0 Å². The zero-order chi connectivity index (χ0) is 17.2. The first-order valence-electron chi connectivity index (χ1n) is 8.17. The minimum atomic E-state index is -1.69. The van der Waals surface area contributed by atoms with Gasteiger partial charge in [0, 0.05) is 0 Å². The summed E-state index contributed by atoms with van der Waals surface area (Å²) in [5.41, 5.74) is 0.0160. The molecule has 0 unspecified atom stereocenters. The SMILES string of the molecule is CC1(C)[C@H]2CC[C@@]1(C)[C@@H](O[C@@H]1O[C@H](C(=O)O)[C@@H](O)[C@H](O)[C@H]1O)C2. The molecular formula is C16H26O7. The minimum Gasteiger partial charge on any atom is -0.479 e. The second kappa shape index (κ2) is 5.39. The fourth-order valence-corrected chi connectivity index (χ4v) is 4.66. The zero-order valence-electron chi connectivity index (χ0n) is 13.7. The van der Waals surface area contributed by atoms with Crippen LogP contribution in [0.1, 0.15) is 40.0 Å². The highest BCUT2D eigenvalue weighted by atomic mass is 16.7. The highest BCUT2D eigenvalue weighted by Crippen LogP contribution is 2.66. The maximum absolute atomic E-state index is 11.2. The van der Waals surface area contributed by atoms with Gasteiger partial charge in [0.15, 0.2) is 12.4 Å². The molecule has 0 aromatic heterocycles. The van der Waals surface area contributed by atoms with Gasteiger partial charge in [-0.05, 0) is 36.0 Å². The maximum Gasteiger partial charge on any atom is 0.335 e. The number of aliphatic hydroxyl groups is 3. The molecule has 7 nitrogen and oxygen atoms in total. The van der Waals surface area contributed by atoms with Crippen LogP contribution in [0.2, 0.25) is 0 Å². The summed E-state index contributed by atoms with van der Waals surface area (Å²) in [7, 11) is 0. The Balaban J connectivity index is 1.76. The number of rotatable bonds is 3. The zero-order valence-corrected chi connectivity index (χ0v) is 13.7. The van der Waals surface area contributed by atoms with Crippen molar-refractivity contribution in [1.82, 2.24) is 0 Å². The number of fused-ring (bicyclic) bond motifs is 2. The molecule has 0 spiro atoms. The molecule has 1 heterocycles. The van der Waals surface area contributed by atoms with E-state index in [1.807, 2.05) is 0 Å². The Morgan fingerprint density at radius 1 is 1.13 bits per heavy atom. The van der Waals surface area contributed by atoms with E-state index in [0.29, 0.717) is 5.92 Å². The van der Waals surface area contributed by atoms with Crippen LogP contribution in [0.3, 0.4) is 0 Å². The first-order valence-corrected chi connectivity index (χ1v) is 8.17. The second-order valence-electron chi connectivity index (χ2n) is 7.97. The van der Waals surface area contributed by atoms with E-state index >= 15 is 0 Å². The van der Waals surface area contributed by atoms with E-state index in [0.717, 1.165) is 19.3 Å². The maximum atomic E-state index is 11.2. The smallest absolute Gasteiger partial charge is 0.335 e. The Kier molecular flexibility index (Phi) is 4.01. The molecular weight excluding hydrogens is 304 g/mol. The van der Waals surface area contributed by atoms with Gasteiger partial charge in [-0.1, -0.05) is 20.8 Å². The Bertz CT molecular complexity index is 493. The normalized spacial score (nSPS) is 51.8. The number of hydrogen-bond donors (Lipinski definition) is 4. The summed E-state index contributed by atoms with van der Waals surface area (Å²) in [5.74, 6) is -0.874. The van der Waals surface area contributed by atoms with E-state index in [1.54, 1.807) is 0 Å². The van der Waals surface area contributed by atoms with Crippen LogP contribution in [0, 0.1) is 16.7 Å². The van der Waals surface area contributed by atoms with Crippen LogP contribution in [0.25, 0.3) is 0 Å². The third-order valence-electron chi connectivity index (χ3n) is 6.83. The van der Waals surface area contributed by atoms with Gasteiger partial charge in [-0.15, -0.1) is 0 Å². The van der Waals surface area contributed by atoms with Gasteiger partial charge < -0.3 is 29.9 Å². The lowest BCUT2D eigenvalue weighted by molar-refractivity contribution is -0.312. The van der Waals surface area contributed by atoms with Gasteiger partial charge in [-0.2, -0.15) is 0 Å². The summed E-state index contributed by atoms with van der Waals surface area (Å²) < 4.78 is 11.2. The molecule has 3 aliphatic rings. The molecule has 2 aliphatic carbocycles. The number of carboxylic acid groups (broad SMARTS) is 1. The predicted molar refractivity (Wildman–Crippen MR) is 78.4 cm³/mol. The van der Waals surface area contributed by atoms with Crippen molar-refractivity contribution < 1.29 is 34.7 Å². The molecule has 2 saturated carbocycles. The van der Waals surface area contributed by atoms with E-state index in [2.05, 4.69) is 20.8 Å². The molecule has 3 fully saturated rings. The minimum absolute atomic E-state index is 0.0829. The average Bonchev–Trinajstić information content (AvgIpc) is 2.80. The molecule has 23 heavy (non-hydrogen) atoms. The molecule has 0 aromatic carbocycles. The molecule has 2 bridgehead atoms. The van der Waals surface area contributed by atoms with Gasteiger partial charge in [0.05, 0.1) is 6.10 Å². The standard InChI is InChI=1S/C16H26O7/c1-15(2)7-4-5-16(15,3)8(6-7)22-14-11(19)9(17)10(18)12(23-14)13(20)21/h7-12,14,17-19H,4-6H2,1-3H3,(H,20,21)/t7-,8-,9-,10-,11+,12-,14+,16-/m0/s1. The Morgan fingerprint density at radius 2 is 1.78 bits per heavy atom. The van der Waals surface area contributed by atoms with Gasteiger partial charge in [0.25, 0.3) is 0 Å². The highest BCUT2D eigenvalue weighted by molar-refractivity contribution is 5.73. The van der Waals surface area contributed by atoms with E-state index < -0.39 is 36.7 Å². The van der Waals surface area contributed by atoms with Gasteiger partial charge >= 0.3 is 5.97 Å². The number of carboxylic acids is 1. The van der Waals surface area contributed by atoms with Gasteiger partial charge in [-0.25, -0.2) is 4.79 Å². The number of carbonyl (C=O) groups is 1. The monoisotopic (exact) mass is 330 g/mol. The van der Waals surface area contributed by atoms with Crippen molar-refractivity contribution in [1.29, 1.82) is 0 Å². The first kappa shape index (κ1) is 17.1. The van der Waals surface area contributed by atoms with Crippen molar-refractivity contribution in [3.8, 4) is 0 Å². The summed E-state index contributed by atoms with van der Waals surface area (Å²) in [6, 6.07) is 0. The molecule has 132 valence electrons. The van der Waals surface area contributed by atoms with Crippen LogP contribution in [0.15, 0.2) is 0 Å². The molecule has 8 atom stereocenters. The molecule has 0 aromatic rings. The number of aliphatic carboxylic acids is 1. The van der Waals surface area contributed by atoms with Crippen molar-refractivity contribution in [2.45, 2.75) is 76.8 Å². The summed E-state index contributed by atoms with van der Waals surface area (Å²) in [5, 5.41) is 38.8. The van der Waals surface area contributed by atoms with Gasteiger partial charge in [-0.3, -0.25) is 0 Å². The van der Waals surface area contributed by atoms with Crippen molar-refractivity contribution in [3.05, 3.63) is 0 Å². The quantitative estimate of drug-likeness (QED) is 0.580. The van der Waals surface area contributed by atoms with Crippen LogP contribution in [-0.4, -0.2) is 63.2 Å². The fourth-order valence-electron chi connectivity index (χ4n) is 4.66. The van der Waals surface area contributed by atoms with E-state index in [1.165, 1.54) is 0 Å². The lowest BCUT2D eigenvalue weighted by Gasteiger charge is -2.44. The molecule has 0 amide bonds. The fraction of sp³-hybridized carbons (Fsp3) is 0.938. The number of hydrogen-bond acceptors (Lipinski definition) is 6. The predicted octanol–water partition coefficient (Wildman–Crippen LogP) is 0.110. The van der Waals surface area contributed by atoms with Crippen LogP contribution < -0.4 is 0 Å². The van der Waals surface area contributed by atoms with Crippen LogP contribution in [0.4, 0.5) is 0 Å². The van der Waals surface area contributed by atoms with Crippen molar-refractivity contribution >= 4 is 5.97 Å². The van der Waals surface area contributed by atoms with E-state index in [4.69, 9.17) is 14.6 Å². The van der Waals surface area contributed by atoms with Gasteiger partial charge in [0.1, 0.15) is 18.3 Å². The van der Waals surface area contributed by atoms with E-state index in [-0.39, 0.29) is 16.9 Å². The number of ether oxygens (including phenoxy) is 2. The largest absolute Gasteiger partial charge is 0.479 e. The Morgan fingerprint density at radius 3 is 2.26 bits per heavy atom. The molecule has 7 heteroatoms. The lowest BCUT2D eigenvalue weighted by Crippen LogP contribution is -2.61. The number of aliphatic hydroxyl groups excluding tert-OH is 3. The second-order valence-corrected chi connectivity index (χ2v) is 7.97. The van der Waals surface area contributed by atoms with Crippen molar-refractivity contribution in [3.63, 3.8) is 0 Å². The molecule has 1 saturated heterocycles. The third kappa shape index (κ3) is 2.33. The lowest BCUT2D eigenvalue weighted by atomic mass is 9.70. The Labute approximate surface area is 135 Å². The molecule has 4 N–H and O–H groups in total. The van der Waals surface area contributed by atoms with E-state index in [9.17, 15) is 20.1 Å².